The van der Waals surface area contributed by atoms with Crippen LogP contribution in [-0.4, -0.2) is 14.2 Å². The second-order valence-corrected chi connectivity index (χ2v) is 3.53. The van der Waals surface area contributed by atoms with Crippen molar-refractivity contribution in [3.63, 3.8) is 0 Å². The van der Waals surface area contributed by atoms with Gasteiger partial charge in [-0.15, -0.1) is 0 Å². The molecule has 2 aromatic rings. The van der Waals surface area contributed by atoms with Crippen LogP contribution in [0.3, 0.4) is 0 Å². The minimum absolute atomic E-state index is 0.878. The third-order valence-electron chi connectivity index (χ3n) is 2.58. The lowest BCUT2D eigenvalue weighted by atomic mass is 10.0. The molecule has 0 aliphatic rings. The minimum atomic E-state index is 0.878. The van der Waals surface area contributed by atoms with Crippen LogP contribution < -0.4 is 10.1 Å². The molecule has 2 rings (SSSR count). The van der Waals surface area contributed by atoms with Gasteiger partial charge in [0.15, 0.2) is 0 Å². The average Bonchev–Trinajstić information content (AvgIpc) is 2.38. The first-order chi connectivity index (χ1) is 7.85. The molecule has 0 bridgehead atoms. The first kappa shape index (κ1) is 10.6. The number of hydrogen-bond donors (Lipinski definition) is 1. The lowest BCUT2D eigenvalue weighted by molar-refractivity contribution is 0.415. The molecule has 82 valence electrons. The lowest BCUT2D eigenvalue weighted by Gasteiger charge is -2.09. The van der Waals surface area contributed by atoms with Gasteiger partial charge in [0.25, 0.3) is 0 Å². The van der Waals surface area contributed by atoms with E-state index >= 15 is 0 Å². The smallest absolute Gasteiger partial charge is 0.119 e. The largest absolute Gasteiger partial charge is 0.497 e. The maximum Gasteiger partial charge on any atom is 0.119 e. The van der Waals surface area contributed by atoms with Crippen LogP contribution in [0.4, 0.5) is 5.69 Å². The molecule has 1 N–H and O–H groups in total. The Balaban J connectivity index is 2.49. The van der Waals surface area contributed by atoms with Gasteiger partial charge in [-0.1, -0.05) is 30.3 Å². The molecule has 2 aromatic carbocycles. The van der Waals surface area contributed by atoms with Gasteiger partial charge in [0.05, 0.1) is 7.11 Å². The van der Waals surface area contributed by atoms with Crippen LogP contribution in [0.15, 0.2) is 48.5 Å². The summed E-state index contributed by atoms with van der Waals surface area (Å²) < 4.78 is 5.23. The van der Waals surface area contributed by atoms with E-state index < -0.39 is 0 Å². The lowest BCUT2D eigenvalue weighted by Crippen LogP contribution is -1.91. The van der Waals surface area contributed by atoms with Crippen molar-refractivity contribution >= 4 is 5.69 Å². The molecule has 0 saturated carbocycles. The van der Waals surface area contributed by atoms with Crippen LogP contribution in [0.5, 0.6) is 5.75 Å². The van der Waals surface area contributed by atoms with Crippen molar-refractivity contribution in [1.29, 1.82) is 0 Å². The fourth-order valence-electron chi connectivity index (χ4n) is 1.74. The Kier molecular flexibility index (Phi) is 3.10. The molecular formula is C14H15NO. The van der Waals surface area contributed by atoms with Gasteiger partial charge in [0.2, 0.25) is 0 Å². The minimum Gasteiger partial charge on any atom is -0.497 e. The van der Waals surface area contributed by atoms with E-state index in [1.165, 1.54) is 5.56 Å². The van der Waals surface area contributed by atoms with Crippen LogP contribution >= 0.6 is 0 Å². The standard InChI is InChI=1S/C14H15NO/c1-15-14-9-4-3-8-13(14)11-6-5-7-12(10-11)16-2/h3-10,15H,1-2H3. The highest BCUT2D eigenvalue weighted by atomic mass is 16.5. The highest BCUT2D eigenvalue weighted by Crippen LogP contribution is 2.29. The molecule has 0 saturated heterocycles. The normalized spacial score (nSPS) is 9.88. The number of rotatable bonds is 3. The maximum absolute atomic E-state index is 5.23. The van der Waals surface area contributed by atoms with Crippen molar-refractivity contribution in [2.24, 2.45) is 0 Å². The zero-order chi connectivity index (χ0) is 11.4. The summed E-state index contributed by atoms with van der Waals surface area (Å²) in [5.74, 6) is 0.878. The molecule has 0 aromatic heterocycles. The summed E-state index contributed by atoms with van der Waals surface area (Å²) in [7, 11) is 3.61. The highest BCUT2D eigenvalue weighted by Gasteiger charge is 2.03. The SMILES string of the molecule is CNc1ccccc1-c1cccc(OC)c1. The molecule has 0 unspecified atom stereocenters. The van der Waals surface area contributed by atoms with E-state index in [0.29, 0.717) is 0 Å². The predicted molar refractivity (Wildman–Crippen MR) is 68.0 cm³/mol. The monoisotopic (exact) mass is 213 g/mol. The van der Waals surface area contributed by atoms with E-state index in [2.05, 4.69) is 23.5 Å². The van der Waals surface area contributed by atoms with Crippen molar-refractivity contribution in [2.45, 2.75) is 0 Å². The molecule has 2 nitrogen and oxygen atoms in total. The maximum atomic E-state index is 5.23. The molecular weight excluding hydrogens is 198 g/mol. The number of nitrogens with one attached hydrogen (secondary N) is 1. The fourth-order valence-corrected chi connectivity index (χ4v) is 1.74. The van der Waals surface area contributed by atoms with Gasteiger partial charge in [-0.05, 0) is 23.8 Å². The molecule has 0 spiro atoms. The van der Waals surface area contributed by atoms with E-state index in [0.717, 1.165) is 17.0 Å². The summed E-state index contributed by atoms with van der Waals surface area (Å²) in [6.07, 6.45) is 0. The van der Waals surface area contributed by atoms with E-state index in [-0.39, 0.29) is 0 Å². The second-order valence-electron chi connectivity index (χ2n) is 3.53. The van der Waals surface area contributed by atoms with Gasteiger partial charge in [-0.25, -0.2) is 0 Å². The molecule has 2 heteroatoms. The molecule has 0 amide bonds. The van der Waals surface area contributed by atoms with Crippen LogP contribution in [0.1, 0.15) is 0 Å². The van der Waals surface area contributed by atoms with E-state index in [1.807, 2.05) is 37.4 Å². The Bertz CT molecular complexity index is 480. The van der Waals surface area contributed by atoms with E-state index in [4.69, 9.17) is 4.74 Å². The van der Waals surface area contributed by atoms with Crippen LogP contribution in [0.25, 0.3) is 11.1 Å². The fraction of sp³-hybridized carbons (Fsp3) is 0.143. The van der Waals surface area contributed by atoms with Crippen LogP contribution in [-0.2, 0) is 0 Å². The molecule has 16 heavy (non-hydrogen) atoms. The summed E-state index contributed by atoms with van der Waals surface area (Å²) in [6, 6.07) is 16.3. The zero-order valence-corrected chi connectivity index (χ0v) is 9.53. The Labute approximate surface area is 95.9 Å². The Morgan fingerprint density at radius 2 is 1.81 bits per heavy atom. The Hall–Kier alpha value is -1.96. The second kappa shape index (κ2) is 4.71. The van der Waals surface area contributed by atoms with Crippen LogP contribution in [0.2, 0.25) is 0 Å². The summed E-state index contributed by atoms with van der Waals surface area (Å²) in [6.45, 7) is 0. The van der Waals surface area contributed by atoms with Gasteiger partial charge in [-0.2, -0.15) is 0 Å². The average molecular weight is 213 g/mol. The Morgan fingerprint density at radius 3 is 2.56 bits per heavy atom. The molecule has 0 radical (unpaired) electrons. The molecule has 0 aliphatic carbocycles. The first-order valence-corrected chi connectivity index (χ1v) is 5.26. The molecule has 0 aliphatic heterocycles. The summed E-state index contributed by atoms with van der Waals surface area (Å²) in [4.78, 5) is 0. The van der Waals surface area contributed by atoms with Crippen molar-refractivity contribution in [3.05, 3.63) is 48.5 Å². The van der Waals surface area contributed by atoms with Gasteiger partial charge in [0.1, 0.15) is 5.75 Å². The third-order valence-corrected chi connectivity index (χ3v) is 2.58. The van der Waals surface area contributed by atoms with Crippen molar-refractivity contribution in [3.8, 4) is 16.9 Å². The number of benzene rings is 2. The third kappa shape index (κ3) is 2.01. The first-order valence-electron chi connectivity index (χ1n) is 5.26. The van der Waals surface area contributed by atoms with Crippen LogP contribution in [0, 0.1) is 0 Å². The van der Waals surface area contributed by atoms with Crippen molar-refractivity contribution in [2.75, 3.05) is 19.5 Å². The van der Waals surface area contributed by atoms with Gasteiger partial charge in [0, 0.05) is 18.3 Å². The van der Waals surface area contributed by atoms with Crippen molar-refractivity contribution < 1.29 is 4.74 Å². The number of methoxy groups -OCH3 is 1. The predicted octanol–water partition coefficient (Wildman–Crippen LogP) is 3.40. The molecule has 0 heterocycles. The summed E-state index contributed by atoms with van der Waals surface area (Å²) >= 11 is 0. The molecule has 0 fully saturated rings. The Morgan fingerprint density at radius 1 is 1.00 bits per heavy atom. The van der Waals surface area contributed by atoms with Gasteiger partial charge >= 0.3 is 0 Å². The van der Waals surface area contributed by atoms with Crippen molar-refractivity contribution in [1.82, 2.24) is 0 Å². The number of para-hydroxylation sites is 1. The topological polar surface area (TPSA) is 21.3 Å². The molecule has 0 atom stereocenters. The summed E-state index contributed by atoms with van der Waals surface area (Å²) in [5.41, 5.74) is 3.46. The van der Waals surface area contributed by atoms with E-state index in [1.54, 1.807) is 7.11 Å². The van der Waals surface area contributed by atoms with E-state index in [9.17, 15) is 0 Å². The summed E-state index contributed by atoms with van der Waals surface area (Å²) in [5, 5.41) is 3.19. The highest BCUT2D eigenvalue weighted by molar-refractivity contribution is 5.78. The van der Waals surface area contributed by atoms with Gasteiger partial charge in [-0.3, -0.25) is 0 Å². The zero-order valence-electron chi connectivity index (χ0n) is 9.53. The number of ether oxygens (including phenoxy) is 1. The number of hydrogen-bond acceptors (Lipinski definition) is 2. The van der Waals surface area contributed by atoms with Gasteiger partial charge < -0.3 is 10.1 Å². The quantitative estimate of drug-likeness (QED) is 0.843. The number of anilines is 1.